The van der Waals surface area contributed by atoms with Crippen molar-refractivity contribution >= 4 is 35.5 Å². The predicted molar refractivity (Wildman–Crippen MR) is 98.8 cm³/mol. The zero-order valence-electron chi connectivity index (χ0n) is 15.5. The molecule has 27 heavy (non-hydrogen) atoms. The van der Waals surface area contributed by atoms with Gasteiger partial charge in [-0.1, -0.05) is 0 Å². The number of carboxylic acids is 1. The molecule has 3 amide bonds. The molecular weight excluding hydrogens is 380 g/mol. The first-order chi connectivity index (χ1) is 12.5. The number of thioether (sulfide) groups is 1. The van der Waals surface area contributed by atoms with E-state index in [1.165, 1.54) is 25.6 Å². The fourth-order valence-electron chi connectivity index (χ4n) is 1.89. The van der Waals surface area contributed by atoms with E-state index < -0.39 is 60.6 Å². The molecule has 0 aromatic heterocycles. The summed E-state index contributed by atoms with van der Waals surface area (Å²) in [7, 11) is 0. The third-order valence-electron chi connectivity index (χ3n) is 3.57. The first-order valence-corrected chi connectivity index (χ1v) is 9.61. The van der Waals surface area contributed by atoms with Gasteiger partial charge in [0.15, 0.2) is 0 Å². The predicted octanol–water partition coefficient (Wildman–Crippen LogP) is -3.00. The zero-order valence-corrected chi connectivity index (χ0v) is 16.3. The molecular formula is C15H28N4O7S. The number of carbonyl (C=O) groups excluding carboxylic acids is 3. The highest BCUT2D eigenvalue weighted by atomic mass is 32.2. The number of nitrogens with two attached hydrogens (primary N) is 1. The highest BCUT2D eigenvalue weighted by Gasteiger charge is 2.31. The Morgan fingerprint density at radius 1 is 1.04 bits per heavy atom. The molecule has 5 unspecified atom stereocenters. The van der Waals surface area contributed by atoms with Crippen molar-refractivity contribution in [3.63, 3.8) is 0 Å². The quantitative estimate of drug-likeness (QED) is 0.176. The Balaban J connectivity index is 5.17. The van der Waals surface area contributed by atoms with E-state index >= 15 is 0 Å². The number of amides is 3. The third kappa shape index (κ3) is 9.04. The highest BCUT2D eigenvalue weighted by Crippen LogP contribution is 2.04. The molecule has 0 aromatic rings. The summed E-state index contributed by atoms with van der Waals surface area (Å²) < 4.78 is 0. The number of carbonyl (C=O) groups is 4. The Morgan fingerprint density at radius 3 is 2.07 bits per heavy atom. The van der Waals surface area contributed by atoms with Gasteiger partial charge < -0.3 is 37.0 Å². The van der Waals surface area contributed by atoms with Crippen LogP contribution in [0.5, 0.6) is 0 Å². The number of hydrogen-bond donors (Lipinski definition) is 7. The molecule has 0 aromatic carbocycles. The van der Waals surface area contributed by atoms with Crippen LogP contribution in [0.15, 0.2) is 0 Å². The molecule has 0 radical (unpaired) electrons. The second-order valence-electron chi connectivity index (χ2n) is 5.93. The van der Waals surface area contributed by atoms with Crippen molar-refractivity contribution in [1.82, 2.24) is 16.0 Å². The Kier molecular flexibility index (Phi) is 11.6. The Labute approximate surface area is 161 Å². The van der Waals surface area contributed by atoms with Crippen molar-refractivity contribution in [2.75, 3.05) is 18.6 Å². The van der Waals surface area contributed by atoms with Gasteiger partial charge in [-0.3, -0.25) is 19.2 Å². The third-order valence-corrected chi connectivity index (χ3v) is 4.21. The zero-order chi connectivity index (χ0) is 21.1. The van der Waals surface area contributed by atoms with E-state index in [9.17, 15) is 24.3 Å². The minimum absolute atomic E-state index is 0.219. The second-order valence-corrected chi connectivity index (χ2v) is 6.91. The largest absolute Gasteiger partial charge is 0.480 e. The first kappa shape index (κ1) is 25.1. The summed E-state index contributed by atoms with van der Waals surface area (Å²) in [4.78, 5) is 47.3. The van der Waals surface area contributed by atoms with Crippen LogP contribution in [0.25, 0.3) is 0 Å². The summed E-state index contributed by atoms with van der Waals surface area (Å²) in [5.74, 6) is -3.13. The van der Waals surface area contributed by atoms with Gasteiger partial charge in [-0.25, -0.2) is 0 Å². The fourth-order valence-corrected chi connectivity index (χ4v) is 2.36. The molecule has 11 nitrogen and oxygen atoms in total. The van der Waals surface area contributed by atoms with Crippen molar-refractivity contribution in [2.24, 2.45) is 5.73 Å². The Hall–Kier alpha value is -1.89. The maximum atomic E-state index is 12.5. The van der Waals surface area contributed by atoms with Crippen LogP contribution in [0.3, 0.4) is 0 Å². The van der Waals surface area contributed by atoms with Gasteiger partial charge in [-0.15, -0.1) is 0 Å². The average molecular weight is 408 g/mol. The van der Waals surface area contributed by atoms with E-state index in [1.807, 2.05) is 0 Å². The van der Waals surface area contributed by atoms with Gasteiger partial charge in [0, 0.05) is 0 Å². The molecule has 156 valence electrons. The minimum Gasteiger partial charge on any atom is -0.480 e. The van der Waals surface area contributed by atoms with Crippen LogP contribution in [0.2, 0.25) is 0 Å². The number of aliphatic hydroxyl groups is 2. The maximum Gasteiger partial charge on any atom is 0.325 e. The topological polar surface area (TPSA) is 191 Å². The molecule has 0 aliphatic carbocycles. The number of carboxylic acid groups (broad SMARTS) is 1. The highest BCUT2D eigenvalue weighted by molar-refractivity contribution is 7.98. The summed E-state index contributed by atoms with van der Waals surface area (Å²) in [5.41, 5.74) is 5.42. The van der Waals surface area contributed by atoms with Crippen molar-refractivity contribution in [2.45, 2.75) is 50.5 Å². The molecule has 0 bridgehead atoms. The van der Waals surface area contributed by atoms with Crippen molar-refractivity contribution < 1.29 is 34.5 Å². The van der Waals surface area contributed by atoms with E-state index in [-0.39, 0.29) is 6.42 Å². The molecule has 5 atom stereocenters. The van der Waals surface area contributed by atoms with Crippen molar-refractivity contribution in [3.8, 4) is 0 Å². The van der Waals surface area contributed by atoms with Gasteiger partial charge in [-0.05, 0) is 32.3 Å². The van der Waals surface area contributed by atoms with Crippen LogP contribution < -0.4 is 21.7 Å². The SMILES string of the molecule is CSCCC(NC(=O)C(N)CO)C(=O)NC(C(=O)NC(C)C(=O)O)C(C)O. The molecule has 12 heteroatoms. The second kappa shape index (κ2) is 12.5. The summed E-state index contributed by atoms with van der Waals surface area (Å²) in [5, 5.41) is 34.4. The van der Waals surface area contributed by atoms with Gasteiger partial charge in [0.1, 0.15) is 24.2 Å². The van der Waals surface area contributed by atoms with Crippen LogP contribution in [0.1, 0.15) is 20.3 Å². The maximum absolute atomic E-state index is 12.5. The monoisotopic (exact) mass is 408 g/mol. The molecule has 0 aliphatic rings. The van der Waals surface area contributed by atoms with E-state index in [4.69, 9.17) is 15.9 Å². The molecule has 8 N–H and O–H groups in total. The standard InChI is InChI=1S/C15H28N4O7S/c1-7(15(25)26)17-14(24)11(8(2)21)19-13(23)10(4-5-27-3)18-12(22)9(16)6-20/h7-11,20-21H,4-6,16H2,1-3H3,(H,17,24)(H,18,22)(H,19,23)(H,25,26). The van der Waals surface area contributed by atoms with Gasteiger partial charge in [-0.2, -0.15) is 11.8 Å². The van der Waals surface area contributed by atoms with Crippen LogP contribution in [0.4, 0.5) is 0 Å². The van der Waals surface area contributed by atoms with E-state index in [2.05, 4.69) is 16.0 Å². The lowest BCUT2D eigenvalue weighted by Gasteiger charge is -2.25. The molecule has 0 spiro atoms. The summed E-state index contributed by atoms with van der Waals surface area (Å²) in [6, 6.07) is -4.89. The van der Waals surface area contributed by atoms with Crippen LogP contribution >= 0.6 is 11.8 Å². The lowest BCUT2D eigenvalue weighted by molar-refractivity contribution is -0.142. The smallest absolute Gasteiger partial charge is 0.325 e. The summed E-state index contributed by atoms with van der Waals surface area (Å²) in [6.45, 7) is 1.89. The number of aliphatic carboxylic acids is 1. The van der Waals surface area contributed by atoms with Crippen molar-refractivity contribution in [3.05, 3.63) is 0 Å². The van der Waals surface area contributed by atoms with E-state index in [1.54, 1.807) is 6.26 Å². The Morgan fingerprint density at radius 2 is 1.63 bits per heavy atom. The van der Waals surface area contributed by atoms with Crippen LogP contribution in [-0.2, 0) is 19.2 Å². The van der Waals surface area contributed by atoms with Gasteiger partial charge in [0.25, 0.3) is 0 Å². The molecule has 0 heterocycles. The first-order valence-electron chi connectivity index (χ1n) is 8.22. The van der Waals surface area contributed by atoms with Gasteiger partial charge in [0.05, 0.1) is 12.7 Å². The summed E-state index contributed by atoms with van der Waals surface area (Å²) >= 11 is 1.43. The van der Waals surface area contributed by atoms with Crippen LogP contribution in [-0.4, -0.2) is 87.9 Å². The molecule has 0 aliphatic heterocycles. The molecule has 0 saturated carbocycles. The van der Waals surface area contributed by atoms with Gasteiger partial charge >= 0.3 is 5.97 Å². The van der Waals surface area contributed by atoms with E-state index in [0.29, 0.717) is 5.75 Å². The van der Waals surface area contributed by atoms with Gasteiger partial charge in [0.2, 0.25) is 17.7 Å². The lowest BCUT2D eigenvalue weighted by atomic mass is 10.1. The molecule has 0 saturated heterocycles. The molecule has 0 fully saturated rings. The normalized spacial score (nSPS) is 16.4. The Bertz CT molecular complexity index is 532. The number of nitrogens with one attached hydrogen (secondary N) is 3. The molecule has 0 rings (SSSR count). The van der Waals surface area contributed by atoms with E-state index in [0.717, 1.165) is 0 Å². The number of hydrogen-bond acceptors (Lipinski definition) is 8. The van der Waals surface area contributed by atoms with Crippen molar-refractivity contribution in [1.29, 1.82) is 0 Å². The average Bonchev–Trinajstić information content (AvgIpc) is 2.61. The number of aliphatic hydroxyl groups excluding tert-OH is 2. The number of rotatable bonds is 12. The van der Waals surface area contributed by atoms with Crippen LogP contribution in [0, 0.1) is 0 Å². The lowest BCUT2D eigenvalue weighted by Crippen LogP contribution is -2.59. The fraction of sp³-hybridized carbons (Fsp3) is 0.733. The minimum atomic E-state index is -1.42. The summed E-state index contributed by atoms with van der Waals surface area (Å²) in [6.07, 6.45) is 0.707.